The number of nitro benzene ring substituents is 1. The van der Waals surface area contributed by atoms with Gasteiger partial charge in [-0.25, -0.2) is 4.99 Å². The zero-order valence-corrected chi connectivity index (χ0v) is 29.9. The molecule has 1 amide bonds. The molecule has 0 N–H and O–H groups in total. The number of carbonyl (C=O) groups excluding carboxylic acids is 1. The highest BCUT2D eigenvalue weighted by atomic mass is 32.1. The minimum Gasteiger partial charge on any atom is -0.496 e. The minimum absolute atomic E-state index is 0.0421. The molecule has 3 heterocycles. The van der Waals surface area contributed by atoms with Gasteiger partial charge in [-0.3, -0.25) is 24.3 Å². The molecule has 7 rings (SSSR count). The lowest BCUT2D eigenvalue weighted by Crippen LogP contribution is -2.43. The third-order valence-electron chi connectivity index (χ3n) is 9.77. The number of thiazole rings is 1. The fourth-order valence-electron chi connectivity index (χ4n) is 7.17. The number of aromatic nitrogens is 2. The molecule has 1 aliphatic rings. The quantitative estimate of drug-likeness (QED) is 0.127. The Hall–Kier alpha value is -5.81. The molecule has 2 aromatic heterocycles. The number of hydrogen-bond acceptors (Lipinski definition) is 7. The van der Waals surface area contributed by atoms with Crippen molar-refractivity contribution in [3.8, 4) is 5.75 Å². The van der Waals surface area contributed by atoms with Crippen LogP contribution in [0.15, 0.2) is 106 Å². The summed E-state index contributed by atoms with van der Waals surface area (Å²) in [4.78, 5) is 47.1. The molecular formula is C40H37N5O5S. The number of amides is 1. The van der Waals surface area contributed by atoms with Crippen LogP contribution in [-0.4, -0.2) is 45.1 Å². The Kier molecular flexibility index (Phi) is 8.90. The van der Waals surface area contributed by atoms with Crippen LogP contribution >= 0.6 is 11.3 Å². The molecule has 4 aromatic carbocycles. The van der Waals surface area contributed by atoms with Crippen molar-refractivity contribution in [1.82, 2.24) is 14.0 Å². The molecule has 6 aromatic rings. The number of allylic oxidation sites excluding steroid dienone is 1. The lowest BCUT2D eigenvalue weighted by atomic mass is 9.90. The van der Waals surface area contributed by atoms with Gasteiger partial charge in [-0.1, -0.05) is 72.0 Å². The van der Waals surface area contributed by atoms with Gasteiger partial charge in [0.05, 0.1) is 27.8 Å². The predicted molar refractivity (Wildman–Crippen MR) is 201 cm³/mol. The Morgan fingerprint density at radius 1 is 0.980 bits per heavy atom. The first-order chi connectivity index (χ1) is 24.7. The smallest absolute Gasteiger partial charge is 0.271 e. The molecule has 1 aliphatic heterocycles. The molecule has 51 heavy (non-hydrogen) atoms. The van der Waals surface area contributed by atoms with E-state index in [1.165, 1.54) is 23.5 Å². The molecule has 11 heteroatoms. The molecule has 0 radical (unpaired) electrons. The van der Waals surface area contributed by atoms with E-state index in [2.05, 4.69) is 4.57 Å². The molecule has 258 valence electrons. The first-order valence-electron chi connectivity index (χ1n) is 16.8. The van der Waals surface area contributed by atoms with Gasteiger partial charge in [0, 0.05) is 59.5 Å². The second-order valence-electron chi connectivity index (χ2n) is 12.5. The maximum atomic E-state index is 14.8. The summed E-state index contributed by atoms with van der Waals surface area (Å²) < 4.78 is 10.3. The summed E-state index contributed by atoms with van der Waals surface area (Å²) in [5.74, 6) is 0.415. The number of methoxy groups -OCH3 is 1. The van der Waals surface area contributed by atoms with Gasteiger partial charge in [0.1, 0.15) is 11.8 Å². The lowest BCUT2D eigenvalue weighted by Gasteiger charge is -2.30. The number of hydrogen-bond donors (Lipinski definition) is 0. The molecule has 0 bridgehead atoms. The molecular weight excluding hydrogens is 663 g/mol. The van der Waals surface area contributed by atoms with Gasteiger partial charge in [-0.05, 0) is 62.2 Å². The number of nitrogens with zero attached hydrogens (tertiary/aromatic N) is 5. The van der Waals surface area contributed by atoms with Crippen LogP contribution in [0.1, 0.15) is 49.2 Å². The van der Waals surface area contributed by atoms with Gasteiger partial charge in [-0.15, -0.1) is 0 Å². The van der Waals surface area contributed by atoms with Crippen molar-refractivity contribution < 1.29 is 14.5 Å². The van der Waals surface area contributed by atoms with E-state index in [1.54, 1.807) is 28.7 Å². The number of ether oxygens (including phenoxy) is 1. The summed E-state index contributed by atoms with van der Waals surface area (Å²) in [6.45, 7) is 9.27. The largest absolute Gasteiger partial charge is 0.496 e. The van der Waals surface area contributed by atoms with Crippen molar-refractivity contribution in [2.75, 3.05) is 20.2 Å². The normalized spacial score (nSPS) is 14.5. The van der Waals surface area contributed by atoms with E-state index in [-0.39, 0.29) is 17.2 Å². The average Bonchev–Trinajstić information content (AvgIpc) is 3.59. The summed E-state index contributed by atoms with van der Waals surface area (Å²) >= 11 is 1.30. The Bertz CT molecular complexity index is 2570. The predicted octanol–water partition coefficient (Wildman–Crippen LogP) is 6.49. The zero-order chi connectivity index (χ0) is 36.0. The third-order valence-corrected chi connectivity index (χ3v) is 10.8. The Morgan fingerprint density at radius 3 is 2.35 bits per heavy atom. The van der Waals surface area contributed by atoms with E-state index >= 15 is 0 Å². The summed E-state index contributed by atoms with van der Waals surface area (Å²) in [5, 5.41) is 14.1. The third kappa shape index (κ3) is 5.73. The summed E-state index contributed by atoms with van der Waals surface area (Å²) in [6, 6.07) is 25.6. The standard InChI is InChI=1S/C40H37N5O5S/c1-6-42(7-2)39(47)35-24(3)41-40-44(37(35)36-29-13-9-8-12-27(29)18-21-33(36)50-5)38(46)34(51-40)22-31-25(4)43(32-15-11-10-14-30(31)32)23-26-16-19-28(20-17-26)45(48)49/h8-22,37H,6-7,23H2,1-5H3/b34-22+/t37-/m0/s1. The average molecular weight is 700 g/mol. The van der Waals surface area contributed by atoms with Gasteiger partial charge in [0.2, 0.25) is 0 Å². The van der Waals surface area contributed by atoms with Crippen LogP contribution < -0.4 is 19.6 Å². The van der Waals surface area contributed by atoms with Gasteiger partial charge >= 0.3 is 0 Å². The number of nitro groups is 1. The number of rotatable bonds is 9. The molecule has 0 fully saturated rings. The van der Waals surface area contributed by atoms with Crippen molar-refractivity contribution in [2.24, 2.45) is 4.99 Å². The van der Waals surface area contributed by atoms with Crippen LogP contribution in [0, 0.1) is 17.0 Å². The van der Waals surface area contributed by atoms with Crippen LogP contribution in [0.4, 0.5) is 5.69 Å². The summed E-state index contributed by atoms with van der Waals surface area (Å²) in [5.41, 5.74) is 5.29. The van der Waals surface area contributed by atoms with Crippen molar-refractivity contribution >= 4 is 50.7 Å². The summed E-state index contributed by atoms with van der Waals surface area (Å²) in [7, 11) is 1.61. The van der Waals surface area contributed by atoms with E-state index in [1.807, 2.05) is 94.4 Å². The first kappa shape index (κ1) is 33.7. The van der Waals surface area contributed by atoms with Crippen molar-refractivity contribution in [3.63, 3.8) is 0 Å². The minimum atomic E-state index is -0.776. The monoisotopic (exact) mass is 699 g/mol. The number of likely N-dealkylation sites (N-methyl/N-ethyl adjacent to an activating group) is 1. The van der Waals surface area contributed by atoms with E-state index in [9.17, 15) is 19.7 Å². The molecule has 0 aliphatic carbocycles. The number of non-ortho nitro benzene ring substituents is 1. The Labute approximate surface area is 298 Å². The molecule has 10 nitrogen and oxygen atoms in total. The molecule has 0 unspecified atom stereocenters. The van der Waals surface area contributed by atoms with Crippen LogP contribution in [0.5, 0.6) is 5.75 Å². The highest BCUT2D eigenvalue weighted by molar-refractivity contribution is 7.07. The van der Waals surface area contributed by atoms with E-state index < -0.39 is 11.0 Å². The van der Waals surface area contributed by atoms with Crippen LogP contribution in [0.2, 0.25) is 0 Å². The maximum Gasteiger partial charge on any atom is 0.271 e. The molecule has 0 saturated heterocycles. The van der Waals surface area contributed by atoms with E-state index in [0.717, 1.165) is 44.1 Å². The molecule has 0 spiro atoms. The maximum absolute atomic E-state index is 14.8. The lowest BCUT2D eigenvalue weighted by molar-refractivity contribution is -0.384. The van der Waals surface area contributed by atoms with Gasteiger partial charge in [0.15, 0.2) is 4.80 Å². The SMILES string of the molecule is CCN(CC)C(=O)C1=C(C)N=c2s/c(=C/c3c(C)n(Cc4ccc([N+](=O)[O-])cc4)c4ccccc34)c(=O)n2[C@@H]1c1c(OC)ccc2ccccc12. The molecule has 1 atom stereocenters. The number of para-hydroxylation sites is 1. The van der Waals surface area contributed by atoms with Gasteiger partial charge in [-0.2, -0.15) is 0 Å². The van der Waals surface area contributed by atoms with Crippen LogP contribution in [0.3, 0.4) is 0 Å². The second-order valence-corrected chi connectivity index (χ2v) is 13.5. The number of fused-ring (bicyclic) bond motifs is 3. The van der Waals surface area contributed by atoms with Crippen molar-refractivity contribution in [1.29, 1.82) is 0 Å². The zero-order valence-electron chi connectivity index (χ0n) is 29.0. The highest BCUT2D eigenvalue weighted by Crippen LogP contribution is 2.40. The van der Waals surface area contributed by atoms with Crippen molar-refractivity contribution in [2.45, 2.75) is 40.3 Å². The highest BCUT2D eigenvalue weighted by Gasteiger charge is 2.36. The number of benzene rings is 4. The summed E-state index contributed by atoms with van der Waals surface area (Å²) in [6.07, 6.45) is 1.93. The van der Waals surface area contributed by atoms with E-state index in [0.29, 0.717) is 46.0 Å². The fourth-order valence-corrected chi connectivity index (χ4v) is 8.19. The Balaban J connectivity index is 1.45. The van der Waals surface area contributed by atoms with Crippen LogP contribution in [-0.2, 0) is 11.3 Å². The van der Waals surface area contributed by atoms with Gasteiger partial charge in [0.25, 0.3) is 17.2 Å². The fraction of sp³-hybridized carbons (Fsp3) is 0.225. The topological polar surface area (TPSA) is 112 Å². The van der Waals surface area contributed by atoms with Crippen molar-refractivity contribution in [3.05, 3.63) is 148 Å². The van der Waals surface area contributed by atoms with Gasteiger partial charge < -0.3 is 14.2 Å². The second kappa shape index (κ2) is 13.5. The Morgan fingerprint density at radius 2 is 1.67 bits per heavy atom. The van der Waals surface area contributed by atoms with E-state index in [4.69, 9.17) is 9.73 Å². The first-order valence-corrected chi connectivity index (χ1v) is 17.7. The molecule has 0 saturated carbocycles. The number of carbonyl (C=O) groups is 1. The van der Waals surface area contributed by atoms with Crippen LogP contribution in [0.25, 0.3) is 27.8 Å².